The zero-order valence-corrected chi connectivity index (χ0v) is 19.4. The molecule has 0 atom stereocenters. The Balaban J connectivity index is 1.64. The molecule has 0 saturated heterocycles. The number of ether oxygens (including phenoxy) is 1. The average molecular weight is 503 g/mol. The van der Waals surface area contributed by atoms with E-state index >= 15 is 0 Å². The summed E-state index contributed by atoms with van der Waals surface area (Å²) in [4.78, 5) is 14.4. The molecule has 1 heterocycles. The highest BCUT2D eigenvalue weighted by Crippen LogP contribution is 2.38. The highest BCUT2D eigenvalue weighted by molar-refractivity contribution is 14.1. The van der Waals surface area contributed by atoms with Crippen LogP contribution in [0.25, 0.3) is 5.57 Å². The van der Waals surface area contributed by atoms with E-state index in [1.54, 1.807) is 6.21 Å². The van der Waals surface area contributed by atoms with E-state index < -0.39 is 0 Å². The van der Waals surface area contributed by atoms with Crippen LogP contribution in [0.3, 0.4) is 0 Å². The second-order valence-corrected chi connectivity index (χ2v) is 8.68. The van der Waals surface area contributed by atoms with Crippen LogP contribution >= 0.6 is 22.6 Å². The van der Waals surface area contributed by atoms with Crippen molar-refractivity contribution in [2.75, 3.05) is 18.1 Å². The van der Waals surface area contributed by atoms with Crippen molar-refractivity contribution in [3.05, 3.63) is 63.2 Å². The van der Waals surface area contributed by atoms with Gasteiger partial charge in [-0.3, -0.25) is 4.79 Å². The van der Waals surface area contributed by atoms with Gasteiger partial charge >= 0.3 is 0 Å². The van der Waals surface area contributed by atoms with Crippen molar-refractivity contribution in [1.82, 2.24) is 5.43 Å². The van der Waals surface area contributed by atoms with Crippen molar-refractivity contribution >= 4 is 46.0 Å². The van der Waals surface area contributed by atoms with E-state index in [0.717, 1.165) is 15.7 Å². The summed E-state index contributed by atoms with van der Waals surface area (Å²) in [5.41, 5.74) is 7.13. The number of hydrogen-bond donors (Lipinski definition) is 1. The minimum absolute atomic E-state index is 0.00795. The fourth-order valence-corrected chi connectivity index (χ4v) is 4.22. The quantitative estimate of drug-likeness (QED) is 0.349. The number of nitrogens with zero attached hydrogens (tertiary/aromatic N) is 2. The van der Waals surface area contributed by atoms with Gasteiger partial charge in [0.15, 0.2) is 6.61 Å². The first kappa shape index (κ1) is 21.4. The summed E-state index contributed by atoms with van der Waals surface area (Å²) in [6, 6.07) is 13.8. The summed E-state index contributed by atoms with van der Waals surface area (Å²) in [7, 11) is 0. The monoisotopic (exact) mass is 503 g/mol. The van der Waals surface area contributed by atoms with Crippen LogP contribution in [0.5, 0.6) is 5.75 Å². The largest absolute Gasteiger partial charge is 0.483 e. The molecule has 1 amide bonds. The van der Waals surface area contributed by atoms with Gasteiger partial charge in [-0.25, -0.2) is 5.43 Å². The van der Waals surface area contributed by atoms with Crippen LogP contribution in [-0.2, 0) is 4.79 Å². The van der Waals surface area contributed by atoms with Crippen molar-refractivity contribution in [1.29, 1.82) is 0 Å². The van der Waals surface area contributed by atoms with Gasteiger partial charge in [-0.1, -0.05) is 24.3 Å². The first-order chi connectivity index (χ1) is 13.8. The molecule has 0 fully saturated rings. The van der Waals surface area contributed by atoms with Crippen LogP contribution in [0.4, 0.5) is 5.69 Å². The predicted molar refractivity (Wildman–Crippen MR) is 128 cm³/mol. The van der Waals surface area contributed by atoms with Crippen molar-refractivity contribution in [3.63, 3.8) is 0 Å². The Morgan fingerprint density at radius 1 is 1.28 bits per heavy atom. The molecule has 1 aliphatic rings. The zero-order chi connectivity index (χ0) is 21.0. The number of para-hydroxylation sites is 1. The number of allylic oxidation sites excluding steroid dienone is 1. The number of anilines is 1. The predicted octanol–water partition coefficient (Wildman–Crippen LogP) is 4.84. The Bertz CT molecular complexity index is 966. The van der Waals surface area contributed by atoms with Crippen LogP contribution in [0, 0.1) is 3.57 Å². The highest BCUT2D eigenvalue weighted by Gasteiger charge is 2.29. The third-order valence-electron chi connectivity index (χ3n) is 4.92. The lowest BCUT2D eigenvalue weighted by atomic mass is 9.88. The number of likely N-dealkylation sites (N-methyl/N-ethyl adjacent to an activating group) is 1. The van der Waals surface area contributed by atoms with Crippen LogP contribution in [0.2, 0.25) is 0 Å². The van der Waals surface area contributed by atoms with Gasteiger partial charge in [0.2, 0.25) is 0 Å². The third kappa shape index (κ3) is 4.98. The Morgan fingerprint density at radius 2 is 2.03 bits per heavy atom. The molecule has 3 rings (SSSR count). The SMILES string of the molecule is CCN1c2ccc(/C=N/NC(=O)COc3ccccc3I)cc2C(C)=CC1(C)C. The smallest absolute Gasteiger partial charge is 0.277 e. The molecule has 2 aromatic carbocycles. The van der Waals surface area contributed by atoms with Crippen molar-refractivity contribution < 1.29 is 9.53 Å². The second-order valence-electron chi connectivity index (χ2n) is 7.51. The van der Waals surface area contributed by atoms with Crippen molar-refractivity contribution in [2.24, 2.45) is 5.10 Å². The van der Waals surface area contributed by atoms with Crippen LogP contribution in [0.1, 0.15) is 38.8 Å². The van der Waals surface area contributed by atoms with Crippen molar-refractivity contribution in [3.8, 4) is 5.75 Å². The first-order valence-corrected chi connectivity index (χ1v) is 10.7. The van der Waals surface area contributed by atoms with E-state index in [2.05, 4.69) is 83.9 Å². The fraction of sp³-hybridized carbons (Fsp3) is 0.304. The Labute approximate surface area is 186 Å². The maximum absolute atomic E-state index is 12.0. The lowest BCUT2D eigenvalue weighted by Gasteiger charge is -2.42. The van der Waals surface area contributed by atoms with E-state index in [4.69, 9.17) is 4.74 Å². The normalized spacial score (nSPS) is 15.1. The molecule has 5 nitrogen and oxygen atoms in total. The molecule has 6 heteroatoms. The van der Waals surface area contributed by atoms with E-state index in [9.17, 15) is 4.79 Å². The molecular formula is C23H26IN3O2. The maximum Gasteiger partial charge on any atom is 0.277 e. The molecule has 1 aliphatic heterocycles. The molecule has 0 radical (unpaired) electrons. The number of halogens is 1. The van der Waals surface area contributed by atoms with Gasteiger partial charge in [-0.2, -0.15) is 5.10 Å². The van der Waals surface area contributed by atoms with Gasteiger partial charge in [0, 0.05) is 17.8 Å². The molecule has 29 heavy (non-hydrogen) atoms. The number of hydrogen-bond acceptors (Lipinski definition) is 4. The minimum Gasteiger partial charge on any atom is -0.483 e. The molecule has 1 N–H and O–H groups in total. The first-order valence-electron chi connectivity index (χ1n) is 9.62. The van der Waals surface area contributed by atoms with Crippen LogP contribution < -0.4 is 15.1 Å². The number of carbonyl (C=O) groups excluding carboxylic acids is 1. The number of hydrazone groups is 1. The third-order valence-corrected chi connectivity index (χ3v) is 5.81. The molecule has 0 spiro atoms. The molecule has 0 bridgehead atoms. The van der Waals surface area contributed by atoms with E-state index in [1.165, 1.54) is 16.8 Å². The van der Waals surface area contributed by atoms with E-state index in [0.29, 0.717) is 5.75 Å². The maximum atomic E-state index is 12.0. The minimum atomic E-state index is -0.297. The number of nitrogens with one attached hydrogen (secondary N) is 1. The van der Waals surface area contributed by atoms with Gasteiger partial charge in [0.05, 0.1) is 15.3 Å². The summed E-state index contributed by atoms with van der Waals surface area (Å²) in [5, 5.41) is 4.08. The Kier molecular flexibility index (Phi) is 6.62. The number of carbonyl (C=O) groups is 1. The molecule has 0 aliphatic carbocycles. The van der Waals surface area contributed by atoms with Crippen LogP contribution in [-0.4, -0.2) is 30.8 Å². The summed E-state index contributed by atoms with van der Waals surface area (Å²) < 4.78 is 6.49. The number of amides is 1. The number of fused-ring (bicyclic) bond motifs is 1. The highest BCUT2D eigenvalue weighted by atomic mass is 127. The van der Waals surface area contributed by atoms with Gasteiger partial charge in [-0.05, 0) is 85.7 Å². The number of rotatable bonds is 6. The molecular weight excluding hydrogens is 477 g/mol. The molecule has 0 unspecified atom stereocenters. The fourth-order valence-electron chi connectivity index (χ4n) is 3.68. The average Bonchev–Trinajstić information content (AvgIpc) is 2.67. The second kappa shape index (κ2) is 8.98. The van der Waals surface area contributed by atoms with Crippen molar-refractivity contribution in [2.45, 2.75) is 33.2 Å². The van der Waals surface area contributed by atoms with Gasteiger partial charge in [-0.15, -0.1) is 0 Å². The summed E-state index contributed by atoms with van der Waals surface area (Å²) in [6.07, 6.45) is 3.96. The van der Waals surface area contributed by atoms with E-state index in [-0.39, 0.29) is 18.1 Å². The molecule has 2 aromatic rings. The van der Waals surface area contributed by atoms with E-state index in [1.807, 2.05) is 30.3 Å². The standard InChI is InChI=1S/C23H26IN3O2/c1-5-27-20-11-10-17(12-18(20)16(2)13-23(27,3)4)14-25-26-22(28)15-29-21-9-7-6-8-19(21)24/h6-14H,5,15H2,1-4H3,(H,26,28)/b25-14+. The van der Waals surface area contributed by atoms with Gasteiger partial charge in [0.1, 0.15) is 5.75 Å². The van der Waals surface area contributed by atoms with Crippen LogP contribution in [0.15, 0.2) is 53.6 Å². The summed E-state index contributed by atoms with van der Waals surface area (Å²) >= 11 is 2.17. The Morgan fingerprint density at radius 3 is 2.76 bits per heavy atom. The molecule has 152 valence electrons. The topological polar surface area (TPSA) is 53.9 Å². The lowest BCUT2D eigenvalue weighted by Crippen LogP contribution is -2.44. The lowest BCUT2D eigenvalue weighted by molar-refractivity contribution is -0.123. The van der Waals surface area contributed by atoms with Gasteiger partial charge in [0.25, 0.3) is 5.91 Å². The summed E-state index contributed by atoms with van der Waals surface area (Å²) in [6.45, 7) is 9.62. The molecule has 0 aromatic heterocycles. The Hall–Kier alpha value is -2.35. The zero-order valence-electron chi connectivity index (χ0n) is 17.2. The van der Waals surface area contributed by atoms with Gasteiger partial charge < -0.3 is 9.64 Å². The molecule has 0 saturated carbocycles. The number of benzene rings is 2. The summed E-state index contributed by atoms with van der Waals surface area (Å²) in [5.74, 6) is 0.390.